The molecular formula is C14H19N3OS. The summed E-state index contributed by atoms with van der Waals surface area (Å²) >= 11 is 5.18. The van der Waals surface area contributed by atoms with E-state index >= 15 is 0 Å². The normalized spacial score (nSPS) is 26.7. The van der Waals surface area contributed by atoms with Crippen molar-refractivity contribution in [3.8, 4) is 0 Å². The number of amides is 1. The molecule has 0 atom stereocenters. The number of thiocarbonyl (C=S) groups is 1. The first kappa shape index (κ1) is 13.9. The van der Waals surface area contributed by atoms with Gasteiger partial charge in [-0.05, 0) is 43.7 Å². The highest BCUT2D eigenvalue weighted by atomic mass is 32.1. The molecule has 19 heavy (non-hydrogen) atoms. The smallest absolute Gasteiger partial charge is 0.253 e. The molecule has 102 valence electrons. The molecule has 0 radical (unpaired) electrons. The van der Waals surface area contributed by atoms with Crippen LogP contribution < -0.4 is 11.1 Å². The minimum absolute atomic E-state index is 0.157. The fourth-order valence-corrected chi connectivity index (χ4v) is 2.73. The molecule has 0 bridgehead atoms. The van der Waals surface area contributed by atoms with Crippen LogP contribution >= 0.6 is 12.2 Å². The Morgan fingerprint density at radius 2 is 2.21 bits per heavy atom. The molecule has 0 spiro atoms. The van der Waals surface area contributed by atoms with E-state index in [0.29, 0.717) is 16.5 Å². The minimum atomic E-state index is -0.533. The standard InChI is InChI=1S/C14H19N3OS/c1-10-4-6-14(7-5-10,13(15)19)17-12(18)11-3-2-8-16-9-11/h2-3,8-10H,4-7H2,1H3,(H2,15,19)(H,17,18). The van der Waals surface area contributed by atoms with Crippen molar-refractivity contribution in [3.05, 3.63) is 30.1 Å². The van der Waals surface area contributed by atoms with Gasteiger partial charge in [0, 0.05) is 12.4 Å². The lowest BCUT2D eigenvalue weighted by Crippen LogP contribution is -2.58. The van der Waals surface area contributed by atoms with Gasteiger partial charge in [-0.2, -0.15) is 0 Å². The van der Waals surface area contributed by atoms with Crippen LogP contribution in [-0.2, 0) is 0 Å². The second-order valence-corrected chi connectivity index (χ2v) is 5.76. The van der Waals surface area contributed by atoms with Crippen LogP contribution in [0.2, 0.25) is 0 Å². The molecule has 0 unspecified atom stereocenters. The maximum atomic E-state index is 12.2. The predicted octanol–water partition coefficient (Wildman–Crippen LogP) is 2.05. The first-order valence-corrected chi connectivity index (χ1v) is 6.97. The van der Waals surface area contributed by atoms with E-state index in [1.807, 2.05) is 0 Å². The Kier molecular flexibility index (Phi) is 4.14. The van der Waals surface area contributed by atoms with Gasteiger partial charge in [0.05, 0.1) is 16.1 Å². The largest absolute Gasteiger partial charge is 0.391 e. The number of hydrogen-bond acceptors (Lipinski definition) is 3. The van der Waals surface area contributed by atoms with Gasteiger partial charge in [-0.1, -0.05) is 19.1 Å². The van der Waals surface area contributed by atoms with E-state index in [0.717, 1.165) is 25.7 Å². The van der Waals surface area contributed by atoms with Crippen molar-refractivity contribution < 1.29 is 4.79 Å². The maximum absolute atomic E-state index is 12.2. The van der Waals surface area contributed by atoms with E-state index in [1.54, 1.807) is 24.5 Å². The van der Waals surface area contributed by atoms with E-state index < -0.39 is 5.54 Å². The quantitative estimate of drug-likeness (QED) is 0.830. The molecule has 1 amide bonds. The average molecular weight is 277 g/mol. The van der Waals surface area contributed by atoms with Gasteiger partial charge in [-0.3, -0.25) is 9.78 Å². The Morgan fingerprint density at radius 1 is 1.53 bits per heavy atom. The highest BCUT2D eigenvalue weighted by Gasteiger charge is 2.38. The summed E-state index contributed by atoms with van der Waals surface area (Å²) in [6.45, 7) is 2.21. The molecule has 1 fully saturated rings. The molecule has 4 nitrogen and oxygen atoms in total. The molecular weight excluding hydrogens is 258 g/mol. The van der Waals surface area contributed by atoms with Crippen LogP contribution in [0, 0.1) is 5.92 Å². The zero-order chi connectivity index (χ0) is 13.9. The Bertz CT molecular complexity index is 467. The monoisotopic (exact) mass is 277 g/mol. The molecule has 0 aliphatic heterocycles. The number of nitrogens with two attached hydrogens (primary N) is 1. The van der Waals surface area contributed by atoms with Crippen LogP contribution in [0.5, 0.6) is 0 Å². The number of aromatic nitrogens is 1. The molecule has 0 saturated heterocycles. The second kappa shape index (κ2) is 5.65. The van der Waals surface area contributed by atoms with Crippen molar-refractivity contribution in [1.29, 1.82) is 0 Å². The Morgan fingerprint density at radius 3 is 2.74 bits per heavy atom. The zero-order valence-electron chi connectivity index (χ0n) is 11.1. The van der Waals surface area contributed by atoms with E-state index in [1.165, 1.54) is 0 Å². The minimum Gasteiger partial charge on any atom is -0.391 e. The first-order chi connectivity index (χ1) is 9.03. The average Bonchev–Trinajstić information content (AvgIpc) is 2.42. The SMILES string of the molecule is CC1CCC(NC(=O)c2cccnc2)(C(N)=S)CC1. The first-order valence-electron chi connectivity index (χ1n) is 6.56. The molecule has 1 aromatic heterocycles. The molecule has 1 heterocycles. The fraction of sp³-hybridized carbons (Fsp3) is 0.500. The number of pyridine rings is 1. The van der Waals surface area contributed by atoms with Crippen molar-refractivity contribution in [2.45, 2.75) is 38.1 Å². The van der Waals surface area contributed by atoms with E-state index in [2.05, 4.69) is 17.2 Å². The summed E-state index contributed by atoms with van der Waals surface area (Å²) in [4.78, 5) is 16.6. The molecule has 1 aromatic rings. The van der Waals surface area contributed by atoms with Gasteiger partial charge >= 0.3 is 0 Å². The fourth-order valence-electron chi connectivity index (χ4n) is 2.47. The molecule has 2 rings (SSSR count). The maximum Gasteiger partial charge on any atom is 0.253 e. The molecule has 5 heteroatoms. The van der Waals surface area contributed by atoms with Gasteiger partial charge in [0.25, 0.3) is 5.91 Å². The predicted molar refractivity (Wildman–Crippen MR) is 78.9 cm³/mol. The summed E-state index contributed by atoms with van der Waals surface area (Å²) in [5.41, 5.74) is 5.88. The van der Waals surface area contributed by atoms with Crippen molar-refractivity contribution >= 4 is 23.1 Å². The van der Waals surface area contributed by atoms with Crippen molar-refractivity contribution in [3.63, 3.8) is 0 Å². The lowest BCUT2D eigenvalue weighted by molar-refractivity contribution is 0.0900. The summed E-state index contributed by atoms with van der Waals surface area (Å²) in [5, 5.41) is 3.02. The number of nitrogens with one attached hydrogen (secondary N) is 1. The molecule has 1 saturated carbocycles. The van der Waals surface area contributed by atoms with Crippen LogP contribution in [-0.4, -0.2) is 21.4 Å². The van der Waals surface area contributed by atoms with Crippen molar-refractivity contribution in [2.75, 3.05) is 0 Å². The van der Waals surface area contributed by atoms with Gasteiger partial charge in [0.1, 0.15) is 0 Å². The lowest BCUT2D eigenvalue weighted by atomic mass is 9.77. The van der Waals surface area contributed by atoms with E-state index in [-0.39, 0.29) is 5.91 Å². The summed E-state index contributed by atoms with van der Waals surface area (Å²) in [7, 11) is 0. The Labute approximate surface area is 118 Å². The van der Waals surface area contributed by atoms with E-state index in [4.69, 9.17) is 18.0 Å². The van der Waals surface area contributed by atoms with Gasteiger partial charge in [0.15, 0.2) is 0 Å². The number of carbonyl (C=O) groups is 1. The van der Waals surface area contributed by atoms with Crippen molar-refractivity contribution in [1.82, 2.24) is 10.3 Å². The summed E-state index contributed by atoms with van der Waals surface area (Å²) < 4.78 is 0. The van der Waals surface area contributed by atoms with Gasteiger partial charge < -0.3 is 11.1 Å². The summed E-state index contributed by atoms with van der Waals surface area (Å²) in [6, 6.07) is 3.48. The van der Waals surface area contributed by atoms with E-state index in [9.17, 15) is 4.79 Å². The van der Waals surface area contributed by atoms with Gasteiger partial charge in [0.2, 0.25) is 0 Å². The third-order valence-electron chi connectivity index (χ3n) is 3.88. The van der Waals surface area contributed by atoms with Gasteiger partial charge in [-0.15, -0.1) is 0 Å². The summed E-state index contributed by atoms with van der Waals surface area (Å²) in [6.07, 6.45) is 6.89. The topological polar surface area (TPSA) is 68.0 Å². The molecule has 0 aromatic carbocycles. The Balaban J connectivity index is 2.14. The third-order valence-corrected chi connectivity index (χ3v) is 4.27. The zero-order valence-corrected chi connectivity index (χ0v) is 11.9. The van der Waals surface area contributed by atoms with Crippen LogP contribution in [0.25, 0.3) is 0 Å². The number of rotatable bonds is 3. The Hall–Kier alpha value is -1.49. The molecule has 1 aliphatic rings. The van der Waals surface area contributed by atoms with Crippen LogP contribution in [0.1, 0.15) is 43.0 Å². The third kappa shape index (κ3) is 3.10. The highest BCUT2D eigenvalue weighted by Crippen LogP contribution is 2.32. The van der Waals surface area contributed by atoms with Crippen molar-refractivity contribution in [2.24, 2.45) is 11.7 Å². The lowest BCUT2D eigenvalue weighted by Gasteiger charge is -2.39. The van der Waals surface area contributed by atoms with Crippen LogP contribution in [0.15, 0.2) is 24.5 Å². The van der Waals surface area contributed by atoms with Gasteiger partial charge in [-0.25, -0.2) is 0 Å². The number of carbonyl (C=O) groups excluding carboxylic acids is 1. The second-order valence-electron chi connectivity index (χ2n) is 5.32. The number of nitrogens with zero attached hydrogens (tertiary/aromatic N) is 1. The highest BCUT2D eigenvalue weighted by molar-refractivity contribution is 7.80. The molecule has 1 aliphatic carbocycles. The molecule has 3 N–H and O–H groups in total. The summed E-state index contributed by atoms with van der Waals surface area (Å²) in [5.74, 6) is 0.508. The number of hydrogen-bond donors (Lipinski definition) is 2. The van der Waals surface area contributed by atoms with Crippen LogP contribution in [0.4, 0.5) is 0 Å². The van der Waals surface area contributed by atoms with Crippen LogP contribution in [0.3, 0.4) is 0 Å².